The third kappa shape index (κ3) is 5.83. The van der Waals surface area contributed by atoms with E-state index in [9.17, 15) is 18.8 Å². The number of fused-ring (bicyclic) bond motifs is 1. The number of anilines is 1. The molecule has 3 amide bonds. The van der Waals surface area contributed by atoms with Crippen molar-refractivity contribution in [3.05, 3.63) is 114 Å². The quantitative estimate of drug-likeness (QED) is 0.389. The first-order valence-electron chi connectivity index (χ1n) is 10.7. The maximum absolute atomic E-state index is 13.0. The zero-order valence-electron chi connectivity index (χ0n) is 18.2. The Labute approximate surface area is 195 Å². The second kappa shape index (κ2) is 10.4. The van der Waals surface area contributed by atoms with Crippen molar-refractivity contribution in [2.75, 3.05) is 11.9 Å². The first-order valence-corrected chi connectivity index (χ1v) is 10.7. The monoisotopic (exact) mass is 455 g/mol. The van der Waals surface area contributed by atoms with Gasteiger partial charge in [0.15, 0.2) is 0 Å². The van der Waals surface area contributed by atoms with E-state index in [1.807, 2.05) is 36.4 Å². The highest BCUT2D eigenvalue weighted by atomic mass is 19.1. The molecule has 7 heteroatoms. The van der Waals surface area contributed by atoms with Gasteiger partial charge in [-0.15, -0.1) is 0 Å². The Morgan fingerprint density at radius 3 is 2.21 bits per heavy atom. The summed E-state index contributed by atoms with van der Waals surface area (Å²) in [6, 6.07) is 25.4. The lowest BCUT2D eigenvalue weighted by atomic mass is 10.1. The van der Waals surface area contributed by atoms with Crippen molar-refractivity contribution in [1.29, 1.82) is 0 Å². The largest absolute Gasteiger partial charge is 0.350 e. The standard InChI is InChI=1S/C27H22FN3O3/c28-23-12-10-20(11-13-23)27(34)31-24-7-3-4-18(14-24)16-29-25(32)17-30-26(33)22-9-8-19-5-1-2-6-21(19)15-22/h1-15H,16-17H2,(H,29,32)(H,30,33)(H,31,34). The minimum absolute atomic E-state index is 0.160. The molecule has 0 aliphatic heterocycles. The van der Waals surface area contributed by atoms with Gasteiger partial charge in [0.25, 0.3) is 11.8 Å². The van der Waals surface area contributed by atoms with Crippen molar-refractivity contribution in [3.63, 3.8) is 0 Å². The molecule has 0 heterocycles. The number of amides is 3. The predicted molar refractivity (Wildman–Crippen MR) is 129 cm³/mol. The zero-order valence-corrected chi connectivity index (χ0v) is 18.2. The molecule has 0 aliphatic rings. The molecule has 0 fully saturated rings. The molecule has 3 N–H and O–H groups in total. The number of carbonyl (C=O) groups excluding carboxylic acids is 3. The van der Waals surface area contributed by atoms with Crippen molar-refractivity contribution in [2.24, 2.45) is 0 Å². The van der Waals surface area contributed by atoms with Gasteiger partial charge in [-0.3, -0.25) is 14.4 Å². The number of hydrogen-bond donors (Lipinski definition) is 3. The molecule has 4 rings (SSSR count). The summed E-state index contributed by atoms with van der Waals surface area (Å²) < 4.78 is 13.0. The van der Waals surface area contributed by atoms with Gasteiger partial charge in [0, 0.05) is 23.4 Å². The van der Waals surface area contributed by atoms with Gasteiger partial charge < -0.3 is 16.0 Å². The van der Waals surface area contributed by atoms with Crippen LogP contribution in [-0.2, 0) is 11.3 Å². The summed E-state index contributed by atoms with van der Waals surface area (Å²) in [6.45, 7) is 0.0671. The van der Waals surface area contributed by atoms with Crippen LogP contribution in [0.5, 0.6) is 0 Å². The molecule has 0 saturated carbocycles. The van der Waals surface area contributed by atoms with Gasteiger partial charge in [0.1, 0.15) is 5.82 Å². The number of hydrogen-bond acceptors (Lipinski definition) is 3. The molecule has 34 heavy (non-hydrogen) atoms. The molecule has 0 atom stereocenters. The minimum atomic E-state index is -0.414. The van der Waals surface area contributed by atoms with Crippen molar-refractivity contribution < 1.29 is 18.8 Å². The minimum Gasteiger partial charge on any atom is -0.350 e. The first-order chi connectivity index (χ1) is 16.5. The maximum Gasteiger partial charge on any atom is 0.255 e. The highest BCUT2D eigenvalue weighted by Gasteiger charge is 2.10. The maximum atomic E-state index is 13.0. The third-order valence-corrected chi connectivity index (χ3v) is 5.20. The fraction of sp³-hybridized carbons (Fsp3) is 0.0741. The van der Waals surface area contributed by atoms with E-state index < -0.39 is 5.82 Å². The molecule has 0 aromatic heterocycles. The Morgan fingerprint density at radius 2 is 1.41 bits per heavy atom. The lowest BCUT2D eigenvalue weighted by Crippen LogP contribution is -2.36. The number of benzene rings is 4. The number of rotatable bonds is 7. The molecule has 0 aliphatic carbocycles. The lowest BCUT2D eigenvalue weighted by molar-refractivity contribution is -0.120. The molecular formula is C27H22FN3O3. The number of nitrogens with one attached hydrogen (secondary N) is 3. The van der Waals surface area contributed by atoms with E-state index in [4.69, 9.17) is 0 Å². The summed E-state index contributed by atoms with van der Waals surface area (Å²) in [7, 11) is 0. The van der Waals surface area contributed by atoms with Crippen molar-refractivity contribution in [1.82, 2.24) is 10.6 Å². The first kappa shape index (κ1) is 22.7. The van der Waals surface area contributed by atoms with Gasteiger partial charge in [-0.1, -0.05) is 42.5 Å². The predicted octanol–water partition coefficient (Wildman–Crippen LogP) is 4.28. The van der Waals surface area contributed by atoms with Crippen LogP contribution < -0.4 is 16.0 Å². The zero-order chi connectivity index (χ0) is 23.9. The smallest absolute Gasteiger partial charge is 0.255 e. The van der Waals surface area contributed by atoms with Crippen LogP contribution in [-0.4, -0.2) is 24.3 Å². The molecule has 6 nitrogen and oxygen atoms in total. The van der Waals surface area contributed by atoms with Gasteiger partial charge in [-0.05, 0) is 64.9 Å². The van der Waals surface area contributed by atoms with Crippen LogP contribution in [0.2, 0.25) is 0 Å². The van der Waals surface area contributed by atoms with Gasteiger partial charge in [0.05, 0.1) is 6.54 Å². The Kier molecular flexibility index (Phi) is 6.93. The van der Waals surface area contributed by atoms with E-state index in [0.717, 1.165) is 16.3 Å². The fourth-order valence-corrected chi connectivity index (χ4v) is 3.42. The average Bonchev–Trinajstić information content (AvgIpc) is 2.86. The van der Waals surface area contributed by atoms with Crippen LogP contribution in [0, 0.1) is 5.82 Å². The molecule has 0 saturated heterocycles. The molecule has 0 spiro atoms. The SMILES string of the molecule is O=C(CNC(=O)c1ccc2ccccc2c1)NCc1cccc(NC(=O)c2ccc(F)cc2)c1. The van der Waals surface area contributed by atoms with Crippen LogP contribution in [0.15, 0.2) is 91.0 Å². The van der Waals surface area contributed by atoms with Gasteiger partial charge in [0.2, 0.25) is 5.91 Å². The van der Waals surface area contributed by atoms with E-state index in [1.165, 1.54) is 24.3 Å². The Balaban J connectivity index is 1.27. The second-order valence-corrected chi connectivity index (χ2v) is 7.68. The van der Waals surface area contributed by atoms with Crippen molar-refractivity contribution in [3.8, 4) is 0 Å². The number of carbonyl (C=O) groups is 3. The Bertz CT molecular complexity index is 1350. The fourth-order valence-electron chi connectivity index (χ4n) is 3.42. The molecule has 4 aromatic rings. The normalized spacial score (nSPS) is 10.5. The highest BCUT2D eigenvalue weighted by molar-refractivity contribution is 6.04. The summed E-state index contributed by atoms with van der Waals surface area (Å²) in [5, 5.41) is 10.1. The van der Waals surface area contributed by atoms with E-state index >= 15 is 0 Å². The second-order valence-electron chi connectivity index (χ2n) is 7.68. The molecule has 0 bridgehead atoms. The summed E-state index contributed by atoms with van der Waals surface area (Å²) in [5.74, 6) is -1.44. The van der Waals surface area contributed by atoms with Gasteiger partial charge >= 0.3 is 0 Å². The Morgan fingerprint density at radius 1 is 0.676 bits per heavy atom. The summed E-state index contributed by atoms with van der Waals surface area (Å²) in [4.78, 5) is 36.9. The van der Waals surface area contributed by atoms with Crippen molar-refractivity contribution >= 4 is 34.2 Å². The molecule has 170 valence electrons. The highest BCUT2D eigenvalue weighted by Crippen LogP contribution is 2.16. The number of halogens is 1. The summed E-state index contributed by atoms with van der Waals surface area (Å²) >= 11 is 0. The Hall–Kier alpha value is -4.52. The van der Waals surface area contributed by atoms with Crippen LogP contribution in [0.25, 0.3) is 10.8 Å². The summed E-state index contributed by atoms with van der Waals surface area (Å²) in [6.07, 6.45) is 0. The van der Waals surface area contributed by atoms with E-state index in [0.29, 0.717) is 16.8 Å². The average molecular weight is 455 g/mol. The van der Waals surface area contributed by atoms with Crippen LogP contribution in [0.1, 0.15) is 26.3 Å². The van der Waals surface area contributed by atoms with Gasteiger partial charge in [-0.2, -0.15) is 0 Å². The van der Waals surface area contributed by atoms with E-state index in [1.54, 1.807) is 30.3 Å². The third-order valence-electron chi connectivity index (χ3n) is 5.20. The van der Waals surface area contributed by atoms with Crippen LogP contribution in [0.4, 0.5) is 10.1 Å². The van der Waals surface area contributed by atoms with E-state index in [2.05, 4.69) is 16.0 Å². The van der Waals surface area contributed by atoms with E-state index in [-0.39, 0.29) is 30.8 Å². The molecular weight excluding hydrogens is 433 g/mol. The van der Waals surface area contributed by atoms with Gasteiger partial charge in [-0.25, -0.2) is 4.39 Å². The van der Waals surface area contributed by atoms with Crippen molar-refractivity contribution in [2.45, 2.75) is 6.54 Å². The molecule has 0 unspecified atom stereocenters. The molecule has 0 radical (unpaired) electrons. The van der Waals surface area contributed by atoms with Crippen LogP contribution >= 0.6 is 0 Å². The topological polar surface area (TPSA) is 87.3 Å². The lowest BCUT2D eigenvalue weighted by Gasteiger charge is -2.10. The van der Waals surface area contributed by atoms with Crippen LogP contribution in [0.3, 0.4) is 0 Å². The summed E-state index contributed by atoms with van der Waals surface area (Å²) in [5.41, 5.74) is 2.13. The molecule has 4 aromatic carbocycles.